The van der Waals surface area contributed by atoms with Crippen LogP contribution < -0.4 is 5.73 Å². The van der Waals surface area contributed by atoms with Gasteiger partial charge < -0.3 is 5.73 Å². The van der Waals surface area contributed by atoms with Crippen LogP contribution in [0.15, 0.2) is 35.9 Å². The maximum atomic E-state index is 5.42. The highest BCUT2D eigenvalue weighted by Gasteiger charge is 1.80. The topological polar surface area (TPSA) is 26.0 Å². The molecule has 50 valence electrons. The number of hydrogen-bond donors (Lipinski definition) is 1. The highest BCUT2D eigenvalue weighted by Crippen LogP contribution is 2.00. The number of nitrogens with two attached hydrogens (primary N) is 1. The second kappa shape index (κ2) is 4.36. The molecule has 0 amide bonds. The SMILES string of the molecule is C=C(Cl)/C=C\C(=C)CN. The van der Waals surface area contributed by atoms with Gasteiger partial charge in [0.05, 0.1) is 0 Å². The molecule has 2 heteroatoms. The molecule has 0 spiro atoms. The second-order valence-electron chi connectivity index (χ2n) is 1.64. The summed E-state index contributed by atoms with van der Waals surface area (Å²) < 4.78 is 0. The summed E-state index contributed by atoms with van der Waals surface area (Å²) in [6.45, 7) is 7.55. The van der Waals surface area contributed by atoms with Crippen LogP contribution in [0.2, 0.25) is 0 Å². The maximum Gasteiger partial charge on any atom is 0.0334 e. The minimum Gasteiger partial charge on any atom is -0.327 e. The van der Waals surface area contributed by atoms with Crippen LogP contribution in [0, 0.1) is 0 Å². The van der Waals surface area contributed by atoms with Crippen LogP contribution >= 0.6 is 11.6 Å². The van der Waals surface area contributed by atoms with Crippen molar-refractivity contribution < 1.29 is 0 Å². The van der Waals surface area contributed by atoms with Gasteiger partial charge in [-0.3, -0.25) is 0 Å². The predicted molar refractivity (Wildman–Crippen MR) is 42.3 cm³/mol. The van der Waals surface area contributed by atoms with E-state index in [0.29, 0.717) is 11.6 Å². The Morgan fingerprint density at radius 3 is 2.33 bits per heavy atom. The van der Waals surface area contributed by atoms with E-state index in [9.17, 15) is 0 Å². The summed E-state index contributed by atoms with van der Waals surface area (Å²) in [6, 6.07) is 0. The Kier molecular flexibility index (Phi) is 4.10. The van der Waals surface area contributed by atoms with E-state index in [2.05, 4.69) is 13.2 Å². The fraction of sp³-hybridized carbons (Fsp3) is 0.143. The van der Waals surface area contributed by atoms with Crippen molar-refractivity contribution in [1.82, 2.24) is 0 Å². The molecule has 0 radical (unpaired) electrons. The van der Waals surface area contributed by atoms with Gasteiger partial charge in [-0.15, -0.1) is 0 Å². The first-order valence-electron chi connectivity index (χ1n) is 2.57. The molecule has 0 fully saturated rings. The number of rotatable bonds is 3. The van der Waals surface area contributed by atoms with Crippen molar-refractivity contribution in [1.29, 1.82) is 0 Å². The molecule has 0 bridgehead atoms. The molecule has 9 heavy (non-hydrogen) atoms. The third-order valence-corrected chi connectivity index (χ3v) is 0.888. The first kappa shape index (κ1) is 8.47. The van der Waals surface area contributed by atoms with Crippen LogP contribution in [0.1, 0.15) is 0 Å². The fourth-order valence-electron chi connectivity index (χ4n) is 0.276. The number of halogens is 1. The zero-order valence-electron chi connectivity index (χ0n) is 5.23. The Morgan fingerprint density at radius 2 is 2.00 bits per heavy atom. The lowest BCUT2D eigenvalue weighted by Gasteiger charge is -1.89. The van der Waals surface area contributed by atoms with Gasteiger partial charge in [-0.05, 0) is 11.6 Å². The molecular weight excluding hydrogens is 134 g/mol. The number of allylic oxidation sites excluding steroid dienone is 2. The highest BCUT2D eigenvalue weighted by atomic mass is 35.5. The molecule has 0 unspecified atom stereocenters. The van der Waals surface area contributed by atoms with Gasteiger partial charge in [0.15, 0.2) is 0 Å². The Labute approximate surface area is 60.5 Å². The zero-order valence-corrected chi connectivity index (χ0v) is 5.99. The first-order chi connectivity index (χ1) is 4.16. The molecule has 0 aromatic rings. The summed E-state index contributed by atoms with van der Waals surface area (Å²) in [4.78, 5) is 0. The molecule has 2 N–H and O–H groups in total. The average Bonchev–Trinajstić information content (AvgIpc) is 1.83. The lowest BCUT2D eigenvalue weighted by atomic mass is 10.3. The standard InChI is InChI=1S/C7H10ClN/c1-6(5-9)3-4-7(2)8/h3-4H,1-2,5,9H2/b4-3-. The summed E-state index contributed by atoms with van der Waals surface area (Å²) in [6.07, 6.45) is 3.41. The van der Waals surface area contributed by atoms with Crippen LogP contribution in [0.4, 0.5) is 0 Å². The minimum atomic E-state index is 0.459. The van der Waals surface area contributed by atoms with Crippen molar-refractivity contribution in [2.45, 2.75) is 0 Å². The van der Waals surface area contributed by atoms with Crippen LogP contribution in [0.5, 0.6) is 0 Å². The van der Waals surface area contributed by atoms with Gasteiger partial charge >= 0.3 is 0 Å². The van der Waals surface area contributed by atoms with E-state index in [-0.39, 0.29) is 0 Å². The average molecular weight is 144 g/mol. The Hall–Kier alpha value is -0.530. The summed E-state index contributed by atoms with van der Waals surface area (Å²) in [5.41, 5.74) is 6.08. The van der Waals surface area contributed by atoms with Gasteiger partial charge in [0.1, 0.15) is 0 Å². The van der Waals surface area contributed by atoms with Crippen LogP contribution in [-0.4, -0.2) is 6.54 Å². The third-order valence-electron chi connectivity index (χ3n) is 0.762. The van der Waals surface area contributed by atoms with Crippen LogP contribution in [0.3, 0.4) is 0 Å². The van der Waals surface area contributed by atoms with Crippen molar-refractivity contribution in [3.8, 4) is 0 Å². The van der Waals surface area contributed by atoms with Crippen LogP contribution in [-0.2, 0) is 0 Å². The molecule has 0 saturated heterocycles. The quantitative estimate of drug-likeness (QED) is 0.600. The largest absolute Gasteiger partial charge is 0.327 e. The smallest absolute Gasteiger partial charge is 0.0334 e. The van der Waals surface area contributed by atoms with E-state index in [0.717, 1.165) is 5.57 Å². The molecule has 0 aliphatic heterocycles. The lowest BCUT2D eigenvalue weighted by Crippen LogP contribution is -1.98. The van der Waals surface area contributed by atoms with Gasteiger partial charge in [0.25, 0.3) is 0 Å². The van der Waals surface area contributed by atoms with E-state index in [1.54, 1.807) is 12.2 Å². The molecular formula is C7H10ClN. The Bertz CT molecular complexity index is 147. The van der Waals surface area contributed by atoms with Crippen LogP contribution in [0.25, 0.3) is 0 Å². The van der Waals surface area contributed by atoms with Crippen molar-refractivity contribution >= 4 is 11.6 Å². The molecule has 1 nitrogen and oxygen atoms in total. The summed E-state index contributed by atoms with van der Waals surface area (Å²) in [5.74, 6) is 0. The van der Waals surface area contributed by atoms with Gasteiger partial charge in [-0.1, -0.05) is 30.8 Å². The van der Waals surface area contributed by atoms with E-state index in [1.807, 2.05) is 0 Å². The number of hydrogen-bond acceptors (Lipinski definition) is 1. The van der Waals surface area contributed by atoms with E-state index in [4.69, 9.17) is 17.3 Å². The van der Waals surface area contributed by atoms with Gasteiger partial charge in [0.2, 0.25) is 0 Å². The molecule has 0 heterocycles. The van der Waals surface area contributed by atoms with E-state index < -0.39 is 0 Å². The van der Waals surface area contributed by atoms with Gasteiger partial charge in [-0.25, -0.2) is 0 Å². The van der Waals surface area contributed by atoms with Gasteiger partial charge in [0, 0.05) is 11.6 Å². The van der Waals surface area contributed by atoms with Crippen molar-refractivity contribution in [3.63, 3.8) is 0 Å². The monoisotopic (exact) mass is 143 g/mol. The van der Waals surface area contributed by atoms with E-state index in [1.165, 1.54) is 0 Å². The summed E-state index contributed by atoms with van der Waals surface area (Å²) in [5, 5.41) is 0.490. The molecule has 0 aromatic carbocycles. The zero-order chi connectivity index (χ0) is 7.28. The highest BCUT2D eigenvalue weighted by molar-refractivity contribution is 6.30. The van der Waals surface area contributed by atoms with Crippen molar-refractivity contribution in [2.75, 3.05) is 6.54 Å². The summed E-state index contributed by atoms with van der Waals surface area (Å²) in [7, 11) is 0. The summed E-state index contributed by atoms with van der Waals surface area (Å²) >= 11 is 5.42. The maximum absolute atomic E-state index is 5.42. The fourth-order valence-corrected chi connectivity index (χ4v) is 0.339. The molecule has 0 aliphatic carbocycles. The van der Waals surface area contributed by atoms with Crippen molar-refractivity contribution in [3.05, 3.63) is 35.9 Å². The van der Waals surface area contributed by atoms with Crippen molar-refractivity contribution in [2.24, 2.45) is 5.73 Å². The predicted octanol–water partition coefficient (Wildman–Crippen LogP) is 1.81. The third kappa shape index (κ3) is 5.34. The second-order valence-corrected chi connectivity index (χ2v) is 2.13. The van der Waals surface area contributed by atoms with E-state index >= 15 is 0 Å². The molecule has 0 rings (SSSR count). The first-order valence-corrected chi connectivity index (χ1v) is 2.95. The lowest BCUT2D eigenvalue weighted by molar-refractivity contribution is 1.20. The van der Waals surface area contributed by atoms with Gasteiger partial charge in [-0.2, -0.15) is 0 Å². The normalized spacial score (nSPS) is 10.0. The minimum absolute atomic E-state index is 0.459. The molecule has 0 aliphatic rings. The Morgan fingerprint density at radius 1 is 1.44 bits per heavy atom. The Balaban J connectivity index is 3.71. The molecule has 0 aromatic heterocycles. The molecule has 0 saturated carbocycles. The molecule has 0 atom stereocenters.